The second-order valence-electron chi connectivity index (χ2n) is 22.9. The van der Waals surface area contributed by atoms with Crippen LogP contribution in [0.1, 0.15) is 49.9 Å². The third-order valence-electron chi connectivity index (χ3n) is 17.4. The molecule has 0 fully saturated rings. The highest BCUT2D eigenvalue weighted by Gasteiger charge is 2.45. The molecule has 0 spiro atoms. The van der Waals surface area contributed by atoms with E-state index in [1.807, 2.05) is 0 Å². The quantitative estimate of drug-likeness (QED) is 0.119. The van der Waals surface area contributed by atoms with Crippen LogP contribution in [0.25, 0.3) is 55.6 Å². The SMILES string of the molecule is CC(C)(c1ccccc1)c1ccc2c(c1)N(c1cc(-c3ccccc3)cc(-c3ccccc3)c1)c1cc(-c3ccccc3)cc3c1B2c1ccc(C(C)(C)c2ccccc2)cc1N3c1cc(-c2ccccc2)cc(-c2ccccc2)c1. The fourth-order valence-electron chi connectivity index (χ4n) is 12.8. The number of hydrogen-bond donors (Lipinski definition) is 0. The first kappa shape index (κ1) is 49.6. The van der Waals surface area contributed by atoms with Crippen LogP contribution in [-0.4, -0.2) is 6.71 Å². The van der Waals surface area contributed by atoms with Gasteiger partial charge in [0.05, 0.1) is 0 Å². The first-order chi connectivity index (χ1) is 39.7. The summed E-state index contributed by atoms with van der Waals surface area (Å²) in [5.41, 5.74) is 26.8. The van der Waals surface area contributed by atoms with Crippen molar-refractivity contribution in [3.63, 3.8) is 0 Å². The summed E-state index contributed by atoms with van der Waals surface area (Å²) >= 11 is 0. The van der Waals surface area contributed by atoms with Gasteiger partial charge in [-0.1, -0.05) is 264 Å². The summed E-state index contributed by atoms with van der Waals surface area (Å²) in [6.45, 7) is 9.38. The lowest BCUT2D eigenvalue weighted by molar-refractivity contribution is 0.641. The Morgan fingerprint density at radius 1 is 0.235 bits per heavy atom. The second-order valence-corrected chi connectivity index (χ2v) is 22.9. The molecule has 2 aliphatic rings. The van der Waals surface area contributed by atoms with Gasteiger partial charge in [-0.15, -0.1) is 0 Å². The molecular formula is C78H61BN2. The van der Waals surface area contributed by atoms with Gasteiger partial charge in [-0.25, -0.2) is 0 Å². The molecular weight excluding hydrogens is 976 g/mol. The van der Waals surface area contributed by atoms with Crippen molar-refractivity contribution in [2.45, 2.75) is 38.5 Å². The lowest BCUT2D eigenvalue weighted by Crippen LogP contribution is -2.61. The Hall–Kier alpha value is -9.70. The van der Waals surface area contributed by atoms with Gasteiger partial charge in [0.2, 0.25) is 0 Å². The first-order valence-corrected chi connectivity index (χ1v) is 28.4. The molecule has 12 aromatic carbocycles. The standard InChI is InChI=1S/C78H61BN2/c1-77(2,64-36-22-10-23-37-64)66-40-42-70-72(52-66)80(68-46-59(54-26-12-5-13-27-54)44-60(47-68)55-28-14-6-15-29-55)74-50-63(58-34-20-9-21-35-58)51-75-76(74)79(70)71-43-41-67(78(3,4)65-38-24-11-25-39-65)53-73(71)81(75)69-48-61(56-30-16-7-17-31-56)45-62(49-69)57-32-18-8-19-33-57/h5-53H,1-4H3. The Labute approximate surface area is 478 Å². The van der Waals surface area contributed by atoms with E-state index < -0.39 is 0 Å². The molecule has 0 radical (unpaired) electrons. The van der Waals surface area contributed by atoms with Crippen LogP contribution in [0.4, 0.5) is 34.1 Å². The number of hydrogen-bond acceptors (Lipinski definition) is 2. The molecule has 0 N–H and O–H groups in total. The molecule has 0 aliphatic carbocycles. The van der Waals surface area contributed by atoms with Gasteiger partial charge < -0.3 is 9.80 Å². The molecule has 0 bridgehead atoms. The van der Waals surface area contributed by atoms with Crippen LogP contribution in [0.2, 0.25) is 0 Å². The van der Waals surface area contributed by atoms with Crippen LogP contribution in [0.5, 0.6) is 0 Å². The summed E-state index contributed by atoms with van der Waals surface area (Å²) in [4.78, 5) is 5.23. The van der Waals surface area contributed by atoms with Crippen molar-refractivity contribution in [1.29, 1.82) is 0 Å². The van der Waals surface area contributed by atoms with E-state index in [0.717, 1.165) is 56.1 Å². The summed E-state index contributed by atoms with van der Waals surface area (Å²) in [5.74, 6) is 0. The Morgan fingerprint density at radius 2 is 0.506 bits per heavy atom. The number of benzene rings is 12. The van der Waals surface area contributed by atoms with E-state index in [1.165, 1.54) is 72.3 Å². The third-order valence-corrected chi connectivity index (χ3v) is 17.4. The molecule has 0 saturated carbocycles. The van der Waals surface area contributed by atoms with Crippen molar-refractivity contribution in [1.82, 2.24) is 0 Å². The molecule has 14 rings (SSSR count). The highest BCUT2D eigenvalue weighted by molar-refractivity contribution is 7.00. The molecule has 386 valence electrons. The molecule has 0 atom stereocenters. The van der Waals surface area contributed by atoms with Gasteiger partial charge in [0, 0.05) is 45.0 Å². The summed E-state index contributed by atoms with van der Waals surface area (Å²) in [7, 11) is 0. The van der Waals surface area contributed by atoms with Crippen LogP contribution < -0.4 is 26.2 Å². The zero-order chi connectivity index (χ0) is 54.7. The van der Waals surface area contributed by atoms with E-state index in [9.17, 15) is 0 Å². The minimum atomic E-state index is -0.306. The summed E-state index contributed by atoms with van der Waals surface area (Å²) in [5, 5.41) is 0. The molecule has 0 aromatic heterocycles. The molecule has 0 unspecified atom stereocenters. The maximum absolute atomic E-state index is 2.62. The molecule has 2 nitrogen and oxygen atoms in total. The van der Waals surface area contributed by atoms with Crippen molar-refractivity contribution in [3.8, 4) is 55.6 Å². The average Bonchev–Trinajstić information content (AvgIpc) is 3.32. The highest BCUT2D eigenvalue weighted by Crippen LogP contribution is 2.50. The summed E-state index contributed by atoms with van der Waals surface area (Å²) in [6, 6.07) is 111. The normalized spacial score (nSPS) is 12.6. The predicted molar refractivity (Wildman–Crippen MR) is 345 cm³/mol. The van der Waals surface area contributed by atoms with Gasteiger partial charge in [-0.2, -0.15) is 0 Å². The van der Waals surface area contributed by atoms with E-state index in [0.29, 0.717) is 0 Å². The molecule has 2 heterocycles. The minimum absolute atomic E-state index is 0.114. The van der Waals surface area contributed by atoms with E-state index in [1.54, 1.807) is 0 Å². The Balaban J connectivity index is 1.11. The lowest BCUT2D eigenvalue weighted by atomic mass is 9.33. The summed E-state index contributed by atoms with van der Waals surface area (Å²) < 4.78 is 0. The Kier molecular flexibility index (Phi) is 12.4. The zero-order valence-corrected chi connectivity index (χ0v) is 46.3. The Bertz CT molecular complexity index is 3880. The fourth-order valence-corrected chi connectivity index (χ4v) is 12.8. The number of rotatable bonds is 11. The van der Waals surface area contributed by atoms with Crippen molar-refractivity contribution in [2.75, 3.05) is 9.80 Å². The van der Waals surface area contributed by atoms with Crippen LogP contribution in [0.15, 0.2) is 297 Å². The van der Waals surface area contributed by atoms with E-state index >= 15 is 0 Å². The van der Waals surface area contributed by atoms with Gasteiger partial charge in [0.25, 0.3) is 6.71 Å². The van der Waals surface area contributed by atoms with Crippen LogP contribution in [0, 0.1) is 0 Å². The second kappa shape index (κ2) is 20.2. The average molecular weight is 1040 g/mol. The zero-order valence-electron chi connectivity index (χ0n) is 46.3. The van der Waals surface area contributed by atoms with Crippen LogP contribution >= 0.6 is 0 Å². The largest absolute Gasteiger partial charge is 0.311 e. The Morgan fingerprint density at radius 3 is 0.802 bits per heavy atom. The van der Waals surface area contributed by atoms with Gasteiger partial charge in [-0.3, -0.25) is 0 Å². The lowest BCUT2D eigenvalue weighted by Gasteiger charge is -2.45. The monoisotopic (exact) mass is 1040 g/mol. The van der Waals surface area contributed by atoms with Gasteiger partial charge in [-0.05, 0) is 155 Å². The van der Waals surface area contributed by atoms with Gasteiger partial charge >= 0.3 is 0 Å². The van der Waals surface area contributed by atoms with Crippen molar-refractivity contribution < 1.29 is 0 Å². The first-order valence-electron chi connectivity index (χ1n) is 28.4. The highest BCUT2D eigenvalue weighted by atomic mass is 15.2. The number of fused-ring (bicyclic) bond motifs is 4. The molecule has 2 aliphatic heterocycles. The van der Waals surface area contributed by atoms with Crippen LogP contribution in [-0.2, 0) is 10.8 Å². The van der Waals surface area contributed by atoms with E-state index in [2.05, 4.69) is 335 Å². The van der Waals surface area contributed by atoms with Crippen LogP contribution in [0.3, 0.4) is 0 Å². The van der Waals surface area contributed by atoms with Crippen molar-refractivity contribution >= 4 is 57.2 Å². The topological polar surface area (TPSA) is 6.48 Å². The van der Waals surface area contributed by atoms with Crippen molar-refractivity contribution in [2.24, 2.45) is 0 Å². The van der Waals surface area contributed by atoms with E-state index in [4.69, 9.17) is 0 Å². The van der Waals surface area contributed by atoms with Gasteiger partial charge in [0.1, 0.15) is 0 Å². The molecule has 12 aromatic rings. The maximum atomic E-state index is 2.62. The minimum Gasteiger partial charge on any atom is -0.311 e. The summed E-state index contributed by atoms with van der Waals surface area (Å²) in [6.07, 6.45) is 0. The maximum Gasteiger partial charge on any atom is 0.252 e. The predicted octanol–water partition coefficient (Wildman–Crippen LogP) is 18.8. The number of anilines is 6. The fraction of sp³-hybridized carbons (Fsp3) is 0.0769. The molecule has 0 saturated heterocycles. The van der Waals surface area contributed by atoms with Crippen molar-refractivity contribution in [3.05, 3.63) is 320 Å². The third kappa shape index (κ3) is 8.87. The molecule has 81 heavy (non-hydrogen) atoms. The van der Waals surface area contributed by atoms with Gasteiger partial charge in [0.15, 0.2) is 0 Å². The smallest absolute Gasteiger partial charge is 0.252 e. The number of nitrogens with zero attached hydrogens (tertiary/aromatic N) is 2. The molecule has 0 amide bonds. The van der Waals surface area contributed by atoms with E-state index in [-0.39, 0.29) is 17.5 Å². The molecule has 3 heteroatoms.